The van der Waals surface area contributed by atoms with Crippen molar-refractivity contribution in [3.05, 3.63) is 95.4 Å². The predicted octanol–water partition coefficient (Wildman–Crippen LogP) is 5.94. The van der Waals surface area contributed by atoms with E-state index >= 15 is 0 Å². The molecule has 5 heteroatoms. The number of fused-ring (bicyclic) bond motifs is 1. The maximum Gasteiger partial charge on any atom is 0.335 e. The van der Waals surface area contributed by atoms with Gasteiger partial charge in [0.05, 0.1) is 5.56 Å². The van der Waals surface area contributed by atoms with E-state index in [0.29, 0.717) is 0 Å². The number of hydrogen-bond acceptors (Lipinski definition) is 3. The summed E-state index contributed by atoms with van der Waals surface area (Å²) >= 11 is 0. The van der Waals surface area contributed by atoms with Gasteiger partial charge in [-0.1, -0.05) is 42.5 Å². The second-order valence-electron chi connectivity index (χ2n) is 7.74. The largest absolute Gasteiger partial charge is 0.478 e. The Morgan fingerprint density at radius 1 is 1.13 bits per heavy atom. The summed E-state index contributed by atoms with van der Waals surface area (Å²) in [5.74, 6) is 1.82. The second kappa shape index (κ2) is 8.11. The number of ether oxygens (including phenoxy) is 1. The van der Waals surface area contributed by atoms with Crippen LogP contribution in [-0.2, 0) is 6.42 Å². The van der Waals surface area contributed by atoms with Gasteiger partial charge in [-0.3, -0.25) is 0 Å². The highest BCUT2D eigenvalue weighted by atomic mass is 16.5. The summed E-state index contributed by atoms with van der Waals surface area (Å²) in [7, 11) is 0. The fraction of sp³-hybridized carbons (Fsp3) is 0.154. The SMILES string of the molecule is O=C(O)c1cccc(-c2c[nH]c3c2C[C@H](C2=C(Oc4ccccc4)CCC=C2)C=N3)c1. The zero-order chi connectivity index (χ0) is 21.2. The summed E-state index contributed by atoms with van der Waals surface area (Å²) in [5, 5.41) is 9.35. The fourth-order valence-electron chi connectivity index (χ4n) is 4.20. The molecule has 1 aliphatic carbocycles. The molecule has 0 bridgehead atoms. The number of carbonyl (C=O) groups is 1. The van der Waals surface area contributed by atoms with Crippen molar-refractivity contribution in [3.8, 4) is 16.9 Å². The molecule has 0 fully saturated rings. The minimum absolute atomic E-state index is 0.0972. The van der Waals surface area contributed by atoms with Gasteiger partial charge in [0.15, 0.2) is 0 Å². The van der Waals surface area contributed by atoms with Crippen molar-refractivity contribution in [1.82, 2.24) is 4.98 Å². The Kier molecular flexibility index (Phi) is 5.00. The molecular formula is C26H22N2O3. The molecule has 0 unspecified atom stereocenters. The molecule has 1 aromatic heterocycles. The molecule has 5 rings (SSSR count). The number of nitrogens with zero attached hydrogens (tertiary/aromatic N) is 1. The maximum absolute atomic E-state index is 11.4. The molecule has 3 aromatic rings. The van der Waals surface area contributed by atoms with Crippen LogP contribution in [0.4, 0.5) is 5.82 Å². The molecule has 0 saturated heterocycles. The van der Waals surface area contributed by atoms with Gasteiger partial charge in [0.2, 0.25) is 0 Å². The molecule has 31 heavy (non-hydrogen) atoms. The van der Waals surface area contributed by atoms with Crippen LogP contribution >= 0.6 is 0 Å². The lowest BCUT2D eigenvalue weighted by molar-refractivity contribution is 0.0697. The highest BCUT2D eigenvalue weighted by Gasteiger charge is 2.26. The average Bonchev–Trinajstić information content (AvgIpc) is 3.23. The summed E-state index contributed by atoms with van der Waals surface area (Å²) in [6, 6.07) is 16.9. The van der Waals surface area contributed by atoms with Crippen LogP contribution in [0, 0.1) is 5.92 Å². The molecule has 0 spiro atoms. The minimum Gasteiger partial charge on any atom is -0.478 e. The van der Waals surface area contributed by atoms with E-state index in [9.17, 15) is 9.90 Å². The molecule has 0 radical (unpaired) electrons. The third kappa shape index (κ3) is 3.82. The first-order chi connectivity index (χ1) is 15.2. The summed E-state index contributed by atoms with van der Waals surface area (Å²) in [4.78, 5) is 19.3. The van der Waals surface area contributed by atoms with Gasteiger partial charge >= 0.3 is 5.97 Å². The first-order valence-electron chi connectivity index (χ1n) is 10.4. The lowest BCUT2D eigenvalue weighted by Crippen LogP contribution is -2.17. The van der Waals surface area contributed by atoms with Crippen molar-refractivity contribution in [2.75, 3.05) is 0 Å². The first-order valence-corrected chi connectivity index (χ1v) is 10.4. The number of H-pyrrole nitrogens is 1. The molecule has 2 aliphatic rings. The van der Waals surface area contributed by atoms with Crippen molar-refractivity contribution < 1.29 is 14.6 Å². The van der Waals surface area contributed by atoms with Gasteiger partial charge in [-0.05, 0) is 48.2 Å². The van der Waals surface area contributed by atoms with Crippen molar-refractivity contribution in [2.45, 2.75) is 19.3 Å². The van der Waals surface area contributed by atoms with Gasteiger partial charge < -0.3 is 14.8 Å². The van der Waals surface area contributed by atoms with Gasteiger partial charge in [-0.15, -0.1) is 0 Å². The summed E-state index contributed by atoms with van der Waals surface area (Å²) in [6.45, 7) is 0. The number of carboxylic acids is 1. The van der Waals surface area contributed by atoms with Gasteiger partial charge in [-0.2, -0.15) is 0 Å². The number of nitrogens with one attached hydrogen (secondary N) is 1. The zero-order valence-electron chi connectivity index (χ0n) is 16.9. The molecular weight excluding hydrogens is 388 g/mol. The topological polar surface area (TPSA) is 74.7 Å². The number of hydrogen-bond donors (Lipinski definition) is 2. The molecule has 0 saturated carbocycles. The van der Waals surface area contributed by atoms with Gasteiger partial charge in [0, 0.05) is 35.9 Å². The van der Waals surface area contributed by atoms with Crippen LogP contribution in [0.2, 0.25) is 0 Å². The average molecular weight is 410 g/mol. The number of carboxylic acid groups (broad SMARTS) is 1. The number of aromatic nitrogens is 1. The number of rotatable bonds is 5. The number of allylic oxidation sites excluding steroid dienone is 4. The number of para-hydroxylation sites is 1. The van der Waals surface area contributed by atoms with Crippen molar-refractivity contribution >= 4 is 18.0 Å². The Hall–Kier alpha value is -3.86. The highest BCUT2D eigenvalue weighted by Crippen LogP contribution is 2.38. The normalized spacial score (nSPS) is 17.5. The van der Waals surface area contributed by atoms with E-state index in [0.717, 1.165) is 58.9 Å². The van der Waals surface area contributed by atoms with Crippen molar-refractivity contribution in [3.63, 3.8) is 0 Å². The van der Waals surface area contributed by atoms with E-state index in [1.807, 2.05) is 48.8 Å². The smallest absolute Gasteiger partial charge is 0.335 e. The second-order valence-corrected chi connectivity index (χ2v) is 7.74. The van der Waals surface area contributed by atoms with Gasteiger partial charge in [0.1, 0.15) is 17.3 Å². The quantitative estimate of drug-likeness (QED) is 0.547. The lowest BCUT2D eigenvalue weighted by Gasteiger charge is -2.24. The molecule has 154 valence electrons. The molecule has 1 atom stereocenters. The van der Waals surface area contributed by atoms with Crippen LogP contribution in [0.15, 0.2) is 89.3 Å². The molecule has 0 amide bonds. The summed E-state index contributed by atoms with van der Waals surface area (Å²) in [6.07, 6.45) is 10.8. The van der Waals surface area contributed by atoms with Crippen molar-refractivity contribution in [2.24, 2.45) is 10.9 Å². The summed E-state index contributed by atoms with van der Waals surface area (Å²) in [5.41, 5.74) is 4.39. The number of aromatic amines is 1. The first kappa shape index (κ1) is 19.1. The van der Waals surface area contributed by atoms with Crippen molar-refractivity contribution in [1.29, 1.82) is 0 Å². The van der Waals surface area contributed by atoms with Crippen LogP contribution in [0.25, 0.3) is 11.1 Å². The minimum atomic E-state index is -0.928. The molecule has 2 N–H and O–H groups in total. The van der Waals surface area contributed by atoms with Gasteiger partial charge in [-0.25, -0.2) is 9.79 Å². The molecule has 2 heterocycles. The number of benzene rings is 2. The monoisotopic (exact) mass is 410 g/mol. The number of aromatic carboxylic acids is 1. The van der Waals surface area contributed by atoms with E-state index in [1.165, 1.54) is 0 Å². The lowest BCUT2D eigenvalue weighted by atomic mass is 9.85. The Bertz CT molecular complexity index is 1220. The highest BCUT2D eigenvalue weighted by molar-refractivity contribution is 5.90. The van der Waals surface area contributed by atoms with Crippen LogP contribution in [-0.4, -0.2) is 22.3 Å². The molecule has 2 aromatic carbocycles. The van der Waals surface area contributed by atoms with E-state index in [1.54, 1.807) is 18.2 Å². The van der Waals surface area contributed by atoms with E-state index in [-0.39, 0.29) is 11.5 Å². The van der Waals surface area contributed by atoms with E-state index < -0.39 is 5.97 Å². The van der Waals surface area contributed by atoms with E-state index in [2.05, 4.69) is 22.1 Å². The van der Waals surface area contributed by atoms with Crippen LogP contribution in [0.3, 0.4) is 0 Å². The fourth-order valence-corrected chi connectivity index (χ4v) is 4.20. The van der Waals surface area contributed by atoms with Crippen LogP contribution < -0.4 is 4.74 Å². The van der Waals surface area contributed by atoms with Gasteiger partial charge in [0.25, 0.3) is 0 Å². The Balaban J connectivity index is 1.48. The Morgan fingerprint density at radius 2 is 2.00 bits per heavy atom. The maximum atomic E-state index is 11.4. The predicted molar refractivity (Wildman–Crippen MR) is 121 cm³/mol. The standard InChI is InChI=1S/C26H22N2O3/c29-26(30)18-8-6-7-17(13-18)23-16-28-25-22(23)14-19(15-27-25)21-11-4-5-12-24(21)31-20-9-2-1-3-10-20/h1-4,6-11,13,15-16,19,28H,5,12,14H2,(H,29,30)/t19-/m0/s1. The van der Waals surface area contributed by atoms with Crippen LogP contribution in [0.1, 0.15) is 28.8 Å². The van der Waals surface area contributed by atoms with Crippen LogP contribution in [0.5, 0.6) is 5.75 Å². The molecule has 1 aliphatic heterocycles. The van der Waals surface area contributed by atoms with E-state index in [4.69, 9.17) is 4.74 Å². The Morgan fingerprint density at radius 3 is 2.84 bits per heavy atom. The zero-order valence-corrected chi connectivity index (χ0v) is 16.9. The molecule has 5 nitrogen and oxygen atoms in total. The number of aliphatic imine (C=N–C) groups is 1. The Labute approximate surface area is 180 Å². The third-order valence-corrected chi connectivity index (χ3v) is 5.73. The summed E-state index contributed by atoms with van der Waals surface area (Å²) < 4.78 is 6.24. The third-order valence-electron chi connectivity index (χ3n) is 5.73.